The molecule has 1 aliphatic heterocycles. The van der Waals surface area contributed by atoms with Gasteiger partial charge in [0, 0.05) is 24.6 Å². The van der Waals surface area contributed by atoms with Gasteiger partial charge < -0.3 is 9.84 Å². The van der Waals surface area contributed by atoms with Gasteiger partial charge in [0.15, 0.2) is 5.69 Å². The number of carbonyl (C=O) groups excluding carboxylic acids is 1. The third kappa shape index (κ3) is 3.28. The lowest BCUT2D eigenvalue weighted by Gasteiger charge is -2.30. The van der Waals surface area contributed by atoms with Crippen LogP contribution in [0.1, 0.15) is 18.7 Å². The van der Waals surface area contributed by atoms with E-state index in [1.165, 1.54) is 41.8 Å². The molecule has 10 nitrogen and oxygen atoms in total. The molecule has 1 aliphatic rings. The summed E-state index contributed by atoms with van der Waals surface area (Å²) in [6.45, 7) is 1.34. The molecule has 0 radical (unpaired) electrons. The number of phenols is 1. The number of fused-ring (bicyclic) bond motifs is 3. The Kier molecular flexibility index (Phi) is 4.96. The predicted molar refractivity (Wildman–Crippen MR) is 108 cm³/mol. The molecule has 2 aromatic carbocycles. The van der Waals surface area contributed by atoms with Crippen LogP contribution in [-0.2, 0) is 4.79 Å². The monoisotopic (exact) mass is 425 g/mol. The first kappa shape index (κ1) is 19.6. The number of aromatic hydroxyl groups is 1. The first-order valence-corrected chi connectivity index (χ1v) is 9.95. The number of rotatable bonds is 3. The summed E-state index contributed by atoms with van der Waals surface area (Å²) in [5.41, 5.74) is 1.13. The topological polar surface area (TPSA) is 132 Å². The zero-order chi connectivity index (χ0) is 21.4. The molecule has 1 atom stereocenters. The molecule has 0 unspecified atom stereocenters. The minimum absolute atomic E-state index is 0.0476. The molecule has 0 fully saturated rings. The van der Waals surface area contributed by atoms with Gasteiger partial charge in [0.25, 0.3) is 5.69 Å². The van der Waals surface area contributed by atoms with Crippen LogP contribution in [0.3, 0.4) is 0 Å². The smallest absolute Gasteiger partial charge is 0.270 e. The molecule has 4 rings (SSSR count). The molecule has 30 heavy (non-hydrogen) atoms. The summed E-state index contributed by atoms with van der Waals surface area (Å²) < 4.78 is 6.05. The van der Waals surface area contributed by atoms with Gasteiger partial charge in [-0.05, 0) is 18.4 Å². The molecule has 0 spiro atoms. The summed E-state index contributed by atoms with van der Waals surface area (Å²) >= 11 is 1.26. The molecule has 1 amide bonds. The summed E-state index contributed by atoms with van der Waals surface area (Å²) in [7, 11) is 0. The minimum Gasteiger partial charge on any atom is -0.507 e. The average Bonchev–Trinajstić information content (AvgIpc) is 2.87. The van der Waals surface area contributed by atoms with Gasteiger partial charge in [0.2, 0.25) is 23.2 Å². The Bertz CT molecular complexity index is 1170. The second kappa shape index (κ2) is 7.59. The average molecular weight is 425 g/mol. The number of anilines is 1. The number of phenolic OH excluding ortho intramolecular Hbond substituents is 1. The Balaban J connectivity index is 2.00. The highest BCUT2D eigenvalue weighted by Crippen LogP contribution is 2.45. The lowest BCUT2D eigenvalue weighted by molar-refractivity contribution is -0.385. The van der Waals surface area contributed by atoms with Crippen LogP contribution in [0.25, 0.3) is 11.3 Å². The predicted octanol–water partition coefficient (Wildman–Crippen LogP) is 3.32. The molecule has 152 valence electrons. The first-order chi connectivity index (χ1) is 14.4. The largest absolute Gasteiger partial charge is 0.507 e. The molecule has 2 heterocycles. The number of nitro benzene ring substituents is 1. The van der Waals surface area contributed by atoms with E-state index in [1.807, 2.05) is 0 Å². The van der Waals surface area contributed by atoms with Crippen LogP contribution < -0.4 is 9.64 Å². The van der Waals surface area contributed by atoms with E-state index in [1.54, 1.807) is 30.5 Å². The number of carbonyl (C=O) groups is 1. The maximum atomic E-state index is 12.7. The van der Waals surface area contributed by atoms with Gasteiger partial charge in [0.05, 0.1) is 16.2 Å². The Morgan fingerprint density at radius 3 is 2.73 bits per heavy atom. The van der Waals surface area contributed by atoms with Crippen LogP contribution in [0.5, 0.6) is 11.6 Å². The van der Waals surface area contributed by atoms with Crippen LogP contribution in [0.15, 0.2) is 47.6 Å². The molecular formula is C19H15N5O5S. The van der Waals surface area contributed by atoms with Gasteiger partial charge in [-0.1, -0.05) is 30.0 Å². The summed E-state index contributed by atoms with van der Waals surface area (Å²) in [6, 6.07) is 10.5. The molecule has 0 saturated heterocycles. The van der Waals surface area contributed by atoms with Crippen molar-refractivity contribution in [2.75, 3.05) is 11.2 Å². The van der Waals surface area contributed by atoms with Gasteiger partial charge >= 0.3 is 0 Å². The fourth-order valence-corrected chi connectivity index (χ4v) is 3.49. The van der Waals surface area contributed by atoms with E-state index in [2.05, 4.69) is 15.2 Å². The number of nitrogens with zero attached hydrogens (tertiary/aromatic N) is 5. The Morgan fingerprint density at radius 1 is 1.27 bits per heavy atom. The maximum Gasteiger partial charge on any atom is 0.270 e. The van der Waals surface area contributed by atoms with Crippen LogP contribution in [-0.4, -0.2) is 37.4 Å². The van der Waals surface area contributed by atoms with Crippen molar-refractivity contribution in [1.82, 2.24) is 15.2 Å². The summed E-state index contributed by atoms with van der Waals surface area (Å²) in [6.07, 6.45) is 0.566. The molecule has 1 N–H and O–H groups in total. The van der Waals surface area contributed by atoms with Crippen molar-refractivity contribution in [3.63, 3.8) is 0 Å². The quantitative estimate of drug-likeness (QED) is 0.381. The zero-order valence-corrected chi connectivity index (χ0v) is 16.7. The molecular weight excluding hydrogens is 410 g/mol. The number of amides is 1. The number of aromatic nitrogens is 3. The highest BCUT2D eigenvalue weighted by molar-refractivity contribution is 7.98. The lowest BCUT2D eigenvalue weighted by atomic mass is 10.1. The maximum absolute atomic E-state index is 12.7. The molecule has 3 aromatic rings. The van der Waals surface area contributed by atoms with Gasteiger partial charge in [-0.25, -0.2) is 0 Å². The Labute approximate surface area is 174 Å². The SMILES string of the molecule is CSc1nnc2c(n1)O[C@H](c1cc([N+](=O)[O-])ccc1O)N(C(C)=O)c1ccccc1-2. The Hall–Kier alpha value is -3.73. The molecule has 0 aliphatic carbocycles. The number of ether oxygens (including phenoxy) is 1. The Morgan fingerprint density at radius 2 is 2.03 bits per heavy atom. The second-order valence-electron chi connectivity index (χ2n) is 6.33. The lowest BCUT2D eigenvalue weighted by Crippen LogP contribution is -2.36. The molecule has 11 heteroatoms. The van der Waals surface area contributed by atoms with Crippen molar-refractivity contribution < 1.29 is 19.6 Å². The van der Waals surface area contributed by atoms with Crippen molar-refractivity contribution in [2.24, 2.45) is 0 Å². The van der Waals surface area contributed by atoms with E-state index in [-0.39, 0.29) is 22.9 Å². The molecule has 0 bridgehead atoms. The molecule has 1 aromatic heterocycles. The third-order valence-electron chi connectivity index (χ3n) is 4.52. The fourth-order valence-electron chi connectivity index (χ4n) is 3.19. The minimum atomic E-state index is -1.21. The van der Waals surface area contributed by atoms with Crippen molar-refractivity contribution in [2.45, 2.75) is 18.3 Å². The van der Waals surface area contributed by atoms with Gasteiger partial charge in [-0.15, -0.1) is 10.2 Å². The van der Waals surface area contributed by atoms with Crippen molar-refractivity contribution >= 4 is 29.0 Å². The highest BCUT2D eigenvalue weighted by Gasteiger charge is 2.36. The van der Waals surface area contributed by atoms with Crippen LogP contribution >= 0.6 is 11.8 Å². The van der Waals surface area contributed by atoms with Crippen LogP contribution in [0.4, 0.5) is 11.4 Å². The number of nitro groups is 1. The van der Waals surface area contributed by atoms with E-state index in [0.29, 0.717) is 22.1 Å². The second-order valence-corrected chi connectivity index (χ2v) is 7.10. The number of benzene rings is 2. The number of non-ortho nitro benzene ring substituents is 1. The van der Waals surface area contributed by atoms with E-state index in [0.717, 1.165) is 0 Å². The number of hydrogen-bond donors (Lipinski definition) is 1. The zero-order valence-electron chi connectivity index (χ0n) is 15.8. The number of thioether (sulfide) groups is 1. The normalized spacial score (nSPS) is 14.9. The fraction of sp³-hybridized carbons (Fsp3) is 0.158. The standard InChI is InChI=1S/C19H15N5O5S/c1-10(25)23-14-6-4-3-5-12(14)16-17(20-19(30-2)22-21-16)29-18(23)13-9-11(24(27)28)7-8-15(13)26/h3-9,18,26H,1-2H3/t18-/m1/s1. The summed E-state index contributed by atoms with van der Waals surface area (Å²) in [4.78, 5) is 29.0. The summed E-state index contributed by atoms with van der Waals surface area (Å²) in [5, 5.41) is 30.4. The van der Waals surface area contributed by atoms with Crippen LogP contribution in [0.2, 0.25) is 0 Å². The van der Waals surface area contributed by atoms with E-state index in [4.69, 9.17) is 4.74 Å². The van der Waals surface area contributed by atoms with Crippen molar-refractivity contribution in [1.29, 1.82) is 0 Å². The first-order valence-electron chi connectivity index (χ1n) is 8.72. The van der Waals surface area contributed by atoms with Crippen LogP contribution in [0, 0.1) is 10.1 Å². The van der Waals surface area contributed by atoms with Crippen molar-refractivity contribution in [3.05, 3.63) is 58.1 Å². The summed E-state index contributed by atoms with van der Waals surface area (Å²) in [5.74, 6) is -0.560. The van der Waals surface area contributed by atoms with Gasteiger partial charge in [-0.3, -0.25) is 19.8 Å². The number of para-hydroxylation sites is 1. The van der Waals surface area contributed by atoms with E-state index in [9.17, 15) is 20.0 Å². The van der Waals surface area contributed by atoms with E-state index >= 15 is 0 Å². The molecule has 0 saturated carbocycles. The number of hydrogen-bond acceptors (Lipinski definition) is 9. The van der Waals surface area contributed by atoms with E-state index < -0.39 is 17.1 Å². The third-order valence-corrected chi connectivity index (χ3v) is 5.06. The van der Waals surface area contributed by atoms with Crippen molar-refractivity contribution in [3.8, 4) is 22.9 Å². The highest BCUT2D eigenvalue weighted by atomic mass is 32.2. The van der Waals surface area contributed by atoms with Gasteiger partial charge in [-0.2, -0.15) is 4.98 Å². The van der Waals surface area contributed by atoms with Gasteiger partial charge in [0.1, 0.15) is 5.75 Å².